The standard InChI is InChI=1S/C34H37ClF3N5O5S/c1-5-42(2)27-18-23(22-7-6-8-25(17-22)34(36,37)38)10-12-28(27)48-32-14-13-30(33(35)41-32)49(44,45)43(31-15-16-39-21-40-31)20-24-9-11-26(46-3)19-29(24)47-4/h6-9,11,13-17,19,21,23,27-28H,5,10,12,18,20H2,1-4H3/t23-,27-,28-/m0/s1. The Kier molecular flexibility index (Phi) is 11.2. The third kappa shape index (κ3) is 8.19. The molecule has 1 aliphatic rings. The number of rotatable bonds is 12. The topological polar surface area (TPSA) is 107 Å². The van der Waals surface area contributed by atoms with Gasteiger partial charge >= 0.3 is 6.18 Å². The maximum Gasteiger partial charge on any atom is 0.416 e. The molecule has 0 N–H and O–H groups in total. The summed E-state index contributed by atoms with van der Waals surface area (Å²) in [6.45, 7) is 2.52. The van der Waals surface area contributed by atoms with Crippen molar-refractivity contribution in [1.82, 2.24) is 19.9 Å². The molecule has 1 aliphatic carbocycles. The number of hydrogen-bond donors (Lipinski definition) is 0. The molecule has 5 rings (SSSR count). The number of benzene rings is 2. The van der Waals surface area contributed by atoms with E-state index >= 15 is 0 Å². The molecule has 1 fully saturated rings. The number of pyridine rings is 1. The van der Waals surface area contributed by atoms with E-state index < -0.39 is 21.8 Å². The van der Waals surface area contributed by atoms with Crippen LogP contribution in [0, 0.1) is 0 Å². The van der Waals surface area contributed by atoms with E-state index in [2.05, 4.69) is 19.9 Å². The molecule has 0 spiro atoms. The Morgan fingerprint density at radius 3 is 2.47 bits per heavy atom. The van der Waals surface area contributed by atoms with E-state index in [-0.39, 0.29) is 46.4 Å². The zero-order chi connectivity index (χ0) is 35.3. The zero-order valence-electron chi connectivity index (χ0n) is 27.4. The van der Waals surface area contributed by atoms with E-state index in [0.717, 1.165) is 10.4 Å². The number of sulfonamides is 1. The summed E-state index contributed by atoms with van der Waals surface area (Å²) >= 11 is 6.57. The molecule has 0 aliphatic heterocycles. The van der Waals surface area contributed by atoms with Crippen LogP contribution in [0.1, 0.15) is 48.8 Å². The van der Waals surface area contributed by atoms with Crippen molar-refractivity contribution >= 4 is 27.4 Å². The number of likely N-dealkylation sites (N-methyl/N-ethyl adjacent to an activating group) is 1. The van der Waals surface area contributed by atoms with Crippen molar-refractivity contribution in [2.45, 2.75) is 61.9 Å². The van der Waals surface area contributed by atoms with Crippen molar-refractivity contribution in [3.63, 3.8) is 0 Å². The van der Waals surface area contributed by atoms with Crippen molar-refractivity contribution < 1.29 is 35.8 Å². The maximum atomic E-state index is 14.2. The predicted octanol–water partition coefficient (Wildman–Crippen LogP) is 6.99. The summed E-state index contributed by atoms with van der Waals surface area (Å²) in [6.07, 6.45) is -0.403. The Morgan fingerprint density at radius 2 is 1.82 bits per heavy atom. The molecule has 2 heterocycles. The number of halogens is 4. The lowest BCUT2D eigenvalue weighted by atomic mass is 9.79. The number of ether oxygens (including phenoxy) is 3. The normalized spacial score (nSPS) is 18.3. The molecule has 1 saturated carbocycles. The summed E-state index contributed by atoms with van der Waals surface area (Å²) in [5, 5.41) is -0.295. The van der Waals surface area contributed by atoms with Gasteiger partial charge in [-0.05, 0) is 68.6 Å². The van der Waals surface area contributed by atoms with Gasteiger partial charge in [-0.25, -0.2) is 27.7 Å². The van der Waals surface area contributed by atoms with E-state index in [9.17, 15) is 21.6 Å². The molecule has 0 amide bonds. The van der Waals surface area contributed by atoms with Crippen molar-refractivity contribution in [2.24, 2.45) is 0 Å². The molecule has 2 aromatic carbocycles. The smallest absolute Gasteiger partial charge is 0.416 e. The lowest BCUT2D eigenvalue weighted by Crippen LogP contribution is -2.47. The van der Waals surface area contributed by atoms with Crippen LogP contribution in [0.5, 0.6) is 17.4 Å². The zero-order valence-corrected chi connectivity index (χ0v) is 29.0. The first kappa shape index (κ1) is 36.1. The van der Waals surface area contributed by atoms with Crippen LogP contribution in [0.3, 0.4) is 0 Å². The van der Waals surface area contributed by atoms with Crippen LogP contribution in [0.2, 0.25) is 5.15 Å². The molecule has 10 nitrogen and oxygen atoms in total. The molecule has 0 bridgehead atoms. The molecular formula is C34H37ClF3N5O5S. The molecule has 2 aromatic heterocycles. The number of methoxy groups -OCH3 is 2. The molecule has 0 saturated heterocycles. The van der Waals surface area contributed by atoms with Gasteiger partial charge in [0.05, 0.1) is 26.3 Å². The van der Waals surface area contributed by atoms with E-state index in [0.29, 0.717) is 48.4 Å². The largest absolute Gasteiger partial charge is 0.497 e. The van der Waals surface area contributed by atoms with Crippen molar-refractivity contribution in [2.75, 3.05) is 32.1 Å². The molecule has 15 heteroatoms. The van der Waals surface area contributed by atoms with E-state index in [1.165, 1.54) is 57.1 Å². The van der Waals surface area contributed by atoms with Gasteiger partial charge in [0.15, 0.2) is 5.15 Å². The van der Waals surface area contributed by atoms with E-state index in [1.807, 2.05) is 14.0 Å². The van der Waals surface area contributed by atoms with Gasteiger partial charge in [0.1, 0.15) is 34.6 Å². The van der Waals surface area contributed by atoms with Gasteiger partial charge in [-0.15, -0.1) is 0 Å². The lowest BCUT2D eigenvalue weighted by molar-refractivity contribution is -0.137. The highest BCUT2D eigenvalue weighted by Crippen LogP contribution is 2.39. The van der Waals surface area contributed by atoms with Crippen LogP contribution in [-0.2, 0) is 22.7 Å². The fourth-order valence-electron chi connectivity index (χ4n) is 6.02. The van der Waals surface area contributed by atoms with E-state index in [4.69, 9.17) is 25.8 Å². The third-order valence-electron chi connectivity index (χ3n) is 8.76. The minimum absolute atomic E-state index is 0.0951. The van der Waals surface area contributed by atoms with Gasteiger partial charge in [0.2, 0.25) is 5.88 Å². The second-order valence-electron chi connectivity index (χ2n) is 11.6. The summed E-state index contributed by atoms with van der Waals surface area (Å²) in [7, 11) is 0.590. The first-order valence-corrected chi connectivity index (χ1v) is 17.4. The van der Waals surface area contributed by atoms with Gasteiger partial charge in [-0.3, -0.25) is 4.90 Å². The van der Waals surface area contributed by atoms with Crippen LogP contribution >= 0.6 is 11.6 Å². The SMILES string of the molecule is CCN(C)[C@H]1C[C@@H](c2cccc(C(F)(F)F)c2)CC[C@@H]1Oc1ccc(S(=O)(=O)N(Cc2ccc(OC)cc2OC)c2ccncn2)c(Cl)n1. The molecule has 3 atom stereocenters. The lowest BCUT2D eigenvalue weighted by Gasteiger charge is -2.40. The number of hydrogen-bond acceptors (Lipinski definition) is 9. The molecule has 4 aromatic rings. The number of aromatic nitrogens is 3. The van der Waals surface area contributed by atoms with Crippen LogP contribution in [0.25, 0.3) is 0 Å². The van der Waals surface area contributed by atoms with Crippen molar-refractivity contribution in [1.29, 1.82) is 0 Å². The highest BCUT2D eigenvalue weighted by atomic mass is 35.5. The maximum absolute atomic E-state index is 14.2. The number of nitrogens with zero attached hydrogens (tertiary/aromatic N) is 5. The first-order chi connectivity index (χ1) is 23.3. The molecule has 0 radical (unpaired) electrons. The minimum Gasteiger partial charge on any atom is -0.497 e. The Balaban J connectivity index is 1.39. The average Bonchev–Trinajstić information content (AvgIpc) is 3.10. The Hall–Kier alpha value is -4.14. The van der Waals surface area contributed by atoms with Gasteiger partial charge in [0, 0.05) is 36.0 Å². The van der Waals surface area contributed by atoms with Crippen molar-refractivity contribution in [3.8, 4) is 17.4 Å². The Bertz CT molecular complexity index is 1850. The number of anilines is 1. The summed E-state index contributed by atoms with van der Waals surface area (Å²) in [5.41, 5.74) is 0.513. The van der Waals surface area contributed by atoms with Crippen LogP contribution < -0.4 is 18.5 Å². The summed E-state index contributed by atoms with van der Waals surface area (Å²) in [6, 6.07) is 14.6. The van der Waals surface area contributed by atoms with Crippen LogP contribution in [-0.4, -0.2) is 68.2 Å². The average molecular weight is 720 g/mol. The van der Waals surface area contributed by atoms with Gasteiger partial charge in [-0.2, -0.15) is 13.2 Å². The fourth-order valence-corrected chi connectivity index (χ4v) is 7.86. The summed E-state index contributed by atoms with van der Waals surface area (Å²) < 4.78 is 86.8. The second kappa shape index (κ2) is 15.2. The predicted molar refractivity (Wildman–Crippen MR) is 179 cm³/mol. The molecule has 0 unspecified atom stereocenters. The quantitative estimate of drug-likeness (QED) is 0.143. The van der Waals surface area contributed by atoms with Gasteiger partial charge < -0.3 is 14.2 Å². The monoisotopic (exact) mass is 719 g/mol. The van der Waals surface area contributed by atoms with Crippen LogP contribution in [0.4, 0.5) is 19.0 Å². The summed E-state index contributed by atoms with van der Waals surface area (Å²) in [4.78, 5) is 14.3. The highest BCUT2D eigenvalue weighted by Gasteiger charge is 2.37. The van der Waals surface area contributed by atoms with Crippen molar-refractivity contribution in [3.05, 3.63) is 95.0 Å². The summed E-state index contributed by atoms with van der Waals surface area (Å²) in [5.74, 6) is 1.09. The fraction of sp³-hybridized carbons (Fsp3) is 0.382. The van der Waals surface area contributed by atoms with Gasteiger partial charge in [0.25, 0.3) is 10.0 Å². The number of alkyl halides is 3. The highest BCUT2D eigenvalue weighted by molar-refractivity contribution is 7.92. The third-order valence-corrected chi connectivity index (χ3v) is 10.9. The minimum atomic E-state index is -4.42. The molecular weight excluding hydrogens is 683 g/mol. The van der Waals surface area contributed by atoms with E-state index in [1.54, 1.807) is 24.3 Å². The molecule has 262 valence electrons. The van der Waals surface area contributed by atoms with Crippen LogP contribution in [0.15, 0.2) is 78.1 Å². The Morgan fingerprint density at radius 1 is 1.02 bits per heavy atom. The van der Waals surface area contributed by atoms with Gasteiger partial charge in [-0.1, -0.05) is 36.7 Å². The Labute approximate surface area is 288 Å². The molecule has 49 heavy (non-hydrogen) atoms. The first-order valence-electron chi connectivity index (χ1n) is 15.6. The second-order valence-corrected chi connectivity index (χ2v) is 13.8.